The van der Waals surface area contributed by atoms with Crippen molar-refractivity contribution in [3.63, 3.8) is 0 Å². The lowest BCUT2D eigenvalue weighted by molar-refractivity contribution is -0.155. The number of pyridine rings is 1. The van der Waals surface area contributed by atoms with Gasteiger partial charge in [-0.3, -0.25) is 4.79 Å². The third-order valence-electron chi connectivity index (χ3n) is 4.20. The Morgan fingerprint density at radius 1 is 1.21 bits per heavy atom. The molecule has 0 unspecified atom stereocenters. The van der Waals surface area contributed by atoms with Gasteiger partial charge >= 0.3 is 5.97 Å². The number of nitrogens with zero attached hydrogens (tertiary/aromatic N) is 3. The first-order valence-corrected chi connectivity index (χ1v) is 9.48. The summed E-state index contributed by atoms with van der Waals surface area (Å²) in [7, 11) is 0. The summed E-state index contributed by atoms with van der Waals surface area (Å²) in [4.78, 5) is 24.7. The normalized spacial score (nSPS) is 12.0. The number of carbonyl (C=O) groups excluding carboxylic acids is 1. The molecule has 4 rings (SSSR count). The Morgan fingerprint density at radius 2 is 1.96 bits per heavy atom. The predicted octanol–water partition coefficient (Wildman–Crippen LogP) is 5.23. The molecule has 0 bridgehead atoms. The summed E-state index contributed by atoms with van der Waals surface area (Å²) in [6.45, 7) is 5.50. The van der Waals surface area contributed by atoms with Gasteiger partial charge in [0.1, 0.15) is 23.6 Å². The van der Waals surface area contributed by atoms with E-state index in [2.05, 4.69) is 9.97 Å². The second-order valence-electron chi connectivity index (χ2n) is 7.46. The van der Waals surface area contributed by atoms with Gasteiger partial charge in [-0.05, 0) is 45.0 Å². The third kappa shape index (κ3) is 3.45. The number of imidazole rings is 1. The molecule has 1 N–H and O–H groups in total. The maximum Gasteiger partial charge on any atom is 0.326 e. The number of H-pyrrole nitrogens is 1. The fourth-order valence-corrected chi connectivity index (χ4v) is 3.46. The van der Waals surface area contributed by atoms with Crippen molar-refractivity contribution in [3.8, 4) is 11.4 Å². The van der Waals surface area contributed by atoms with Crippen LogP contribution in [-0.4, -0.2) is 31.1 Å². The van der Waals surface area contributed by atoms with E-state index in [9.17, 15) is 4.79 Å². The van der Waals surface area contributed by atoms with Crippen molar-refractivity contribution in [2.45, 2.75) is 32.9 Å². The SMILES string of the molecule is CC(C)(C)OC(=O)Cn1c(-c2ccnc3[nH]ccc23)nc2cc(Cl)c(Cl)cc21. The average molecular weight is 417 g/mol. The number of aromatic amines is 1. The quantitative estimate of drug-likeness (QED) is 0.464. The molecular formula is C20H18Cl2N4O2. The van der Waals surface area contributed by atoms with E-state index < -0.39 is 5.60 Å². The Bertz CT molecular complexity index is 1200. The molecule has 6 nitrogen and oxygen atoms in total. The number of nitrogens with one attached hydrogen (secondary N) is 1. The molecule has 0 aliphatic rings. The van der Waals surface area contributed by atoms with Gasteiger partial charge in [0.25, 0.3) is 0 Å². The second-order valence-corrected chi connectivity index (χ2v) is 8.28. The minimum atomic E-state index is -0.584. The van der Waals surface area contributed by atoms with Crippen molar-refractivity contribution < 1.29 is 9.53 Å². The van der Waals surface area contributed by atoms with E-state index in [1.807, 2.05) is 39.1 Å². The van der Waals surface area contributed by atoms with Gasteiger partial charge in [0.2, 0.25) is 0 Å². The number of rotatable bonds is 3. The van der Waals surface area contributed by atoms with E-state index in [0.29, 0.717) is 26.9 Å². The van der Waals surface area contributed by atoms with Gasteiger partial charge in [-0.2, -0.15) is 0 Å². The van der Waals surface area contributed by atoms with E-state index in [1.54, 1.807) is 22.9 Å². The number of esters is 1. The largest absolute Gasteiger partial charge is 0.459 e. The van der Waals surface area contributed by atoms with Crippen molar-refractivity contribution in [1.29, 1.82) is 0 Å². The summed E-state index contributed by atoms with van der Waals surface area (Å²) < 4.78 is 7.31. The highest BCUT2D eigenvalue weighted by atomic mass is 35.5. The van der Waals surface area contributed by atoms with Crippen molar-refractivity contribution in [2.24, 2.45) is 0 Å². The molecule has 0 spiro atoms. The monoisotopic (exact) mass is 416 g/mol. The zero-order valence-corrected chi connectivity index (χ0v) is 17.1. The summed E-state index contributed by atoms with van der Waals surface area (Å²) in [6, 6.07) is 7.21. The van der Waals surface area contributed by atoms with Gasteiger partial charge in [-0.25, -0.2) is 9.97 Å². The predicted molar refractivity (Wildman–Crippen MR) is 111 cm³/mol. The highest BCUT2D eigenvalue weighted by molar-refractivity contribution is 6.42. The van der Waals surface area contributed by atoms with Gasteiger partial charge in [0.05, 0.1) is 21.1 Å². The maximum atomic E-state index is 12.6. The van der Waals surface area contributed by atoms with Crippen LogP contribution in [0, 0.1) is 0 Å². The highest BCUT2D eigenvalue weighted by Crippen LogP contribution is 2.33. The molecule has 0 saturated heterocycles. The van der Waals surface area contributed by atoms with Gasteiger partial charge in [0, 0.05) is 23.3 Å². The third-order valence-corrected chi connectivity index (χ3v) is 4.92. The fraction of sp³-hybridized carbons (Fsp3) is 0.250. The summed E-state index contributed by atoms with van der Waals surface area (Å²) in [5.41, 5.74) is 2.35. The second kappa shape index (κ2) is 6.79. The molecule has 0 atom stereocenters. The molecule has 0 aliphatic carbocycles. The first-order chi connectivity index (χ1) is 13.2. The van der Waals surface area contributed by atoms with Gasteiger partial charge in [0.15, 0.2) is 0 Å². The lowest BCUT2D eigenvalue weighted by Crippen LogP contribution is -2.26. The molecule has 1 aromatic carbocycles. The number of hydrogen-bond donors (Lipinski definition) is 1. The Morgan fingerprint density at radius 3 is 2.71 bits per heavy atom. The van der Waals surface area contributed by atoms with Crippen LogP contribution in [0.4, 0.5) is 0 Å². The standard InChI is InChI=1S/C20H18Cl2N4O2/c1-20(2,3)28-17(27)10-26-16-9-14(22)13(21)8-15(16)25-19(26)12-5-7-24-18-11(12)4-6-23-18/h4-9H,10H2,1-3H3,(H,23,24). The average Bonchev–Trinajstić information content (AvgIpc) is 3.19. The molecule has 3 heterocycles. The molecule has 0 amide bonds. The van der Waals surface area contributed by atoms with Crippen LogP contribution < -0.4 is 0 Å². The van der Waals surface area contributed by atoms with Crippen LogP contribution in [0.1, 0.15) is 20.8 Å². The van der Waals surface area contributed by atoms with Crippen LogP contribution in [0.5, 0.6) is 0 Å². The topological polar surface area (TPSA) is 72.8 Å². The minimum Gasteiger partial charge on any atom is -0.459 e. The molecule has 0 radical (unpaired) electrons. The number of fused-ring (bicyclic) bond motifs is 2. The first kappa shape index (κ1) is 18.8. The van der Waals surface area contributed by atoms with E-state index in [4.69, 9.17) is 32.9 Å². The van der Waals surface area contributed by atoms with Gasteiger partial charge < -0.3 is 14.3 Å². The summed E-state index contributed by atoms with van der Waals surface area (Å²) >= 11 is 12.4. The maximum absolute atomic E-state index is 12.6. The van der Waals surface area contributed by atoms with E-state index in [1.165, 1.54) is 0 Å². The number of halogens is 2. The van der Waals surface area contributed by atoms with Crippen molar-refractivity contribution >= 4 is 51.2 Å². The van der Waals surface area contributed by atoms with Crippen LogP contribution >= 0.6 is 23.2 Å². The Balaban J connectivity index is 1.92. The van der Waals surface area contributed by atoms with Gasteiger partial charge in [-0.1, -0.05) is 23.2 Å². The van der Waals surface area contributed by atoms with Crippen LogP contribution in [0.15, 0.2) is 36.7 Å². The zero-order valence-electron chi connectivity index (χ0n) is 15.6. The van der Waals surface area contributed by atoms with E-state index >= 15 is 0 Å². The van der Waals surface area contributed by atoms with E-state index in [-0.39, 0.29) is 12.5 Å². The van der Waals surface area contributed by atoms with Crippen LogP contribution in [0.3, 0.4) is 0 Å². The summed E-state index contributed by atoms with van der Waals surface area (Å²) in [5.74, 6) is 0.254. The fourth-order valence-electron chi connectivity index (χ4n) is 3.14. The summed E-state index contributed by atoms with van der Waals surface area (Å²) in [5, 5.41) is 1.71. The molecule has 0 fully saturated rings. The molecule has 8 heteroatoms. The number of aromatic nitrogens is 4. The molecular weight excluding hydrogens is 399 g/mol. The van der Waals surface area contributed by atoms with Crippen molar-refractivity contribution in [2.75, 3.05) is 0 Å². The summed E-state index contributed by atoms with van der Waals surface area (Å²) in [6.07, 6.45) is 3.51. The van der Waals surface area contributed by atoms with Crippen molar-refractivity contribution in [1.82, 2.24) is 19.5 Å². The van der Waals surface area contributed by atoms with Crippen LogP contribution in [-0.2, 0) is 16.1 Å². The Kier molecular flexibility index (Phi) is 4.56. The lowest BCUT2D eigenvalue weighted by Gasteiger charge is -2.20. The number of carbonyl (C=O) groups is 1. The van der Waals surface area contributed by atoms with Crippen molar-refractivity contribution in [3.05, 3.63) is 46.7 Å². The lowest BCUT2D eigenvalue weighted by atomic mass is 10.1. The number of ether oxygens (including phenoxy) is 1. The highest BCUT2D eigenvalue weighted by Gasteiger charge is 2.22. The molecule has 4 aromatic rings. The molecule has 0 aliphatic heterocycles. The Hall–Kier alpha value is -2.57. The Labute approximate surface area is 171 Å². The van der Waals surface area contributed by atoms with Gasteiger partial charge in [-0.15, -0.1) is 0 Å². The molecule has 144 valence electrons. The zero-order chi connectivity index (χ0) is 20.1. The van der Waals surface area contributed by atoms with Crippen LogP contribution in [0.25, 0.3) is 33.5 Å². The first-order valence-electron chi connectivity index (χ1n) is 8.72. The smallest absolute Gasteiger partial charge is 0.326 e. The molecule has 0 saturated carbocycles. The van der Waals surface area contributed by atoms with E-state index in [0.717, 1.165) is 16.6 Å². The number of hydrogen-bond acceptors (Lipinski definition) is 4. The number of benzene rings is 1. The minimum absolute atomic E-state index is 0.00466. The molecule has 28 heavy (non-hydrogen) atoms. The molecule has 3 aromatic heterocycles. The van der Waals surface area contributed by atoms with Crippen LogP contribution in [0.2, 0.25) is 10.0 Å².